The highest BCUT2D eigenvalue weighted by Gasteiger charge is 2.23. The van der Waals surface area contributed by atoms with Crippen LogP contribution in [0, 0.1) is 25.7 Å². The predicted molar refractivity (Wildman–Crippen MR) is 74.5 cm³/mol. The van der Waals surface area contributed by atoms with Crippen LogP contribution in [0.1, 0.15) is 37.1 Å². The molecule has 0 spiro atoms. The van der Waals surface area contributed by atoms with Gasteiger partial charge < -0.3 is 11.1 Å². The fourth-order valence-corrected chi connectivity index (χ4v) is 2.80. The molecular weight excluding hydrogens is 224 g/mol. The minimum Gasteiger partial charge on any atom is -0.368 e. The lowest BCUT2D eigenvalue weighted by atomic mass is 9.79. The minimum atomic E-state index is 0.671. The zero-order chi connectivity index (χ0) is 13.0. The Morgan fingerprint density at radius 2 is 2.00 bits per heavy atom. The molecule has 2 unspecified atom stereocenters. The van der Waals surface area contributed by atoms with Crippen LogP contribution in [0.25, 0.3) is 0 Å². The summed E-state index contributed by atoms with van der Waals surface area (Å²) in [6, 6.07) is 0. The third-order valence-electron chi connectivity index (χ3n) is 3.98. The normalized spacial score (nSPS) is 23.9. The first-order valence-electron chi connectivity index (χ1n) is 6.95. The highest BCUT2D eigenvalue weighted by Crippen LogP contribution is 2.29. The fraction of sp³-hybridized carbons (Fsp3) is 0.714. The van der Waals surface area contributed by atoms with E-state index in [1.54, 1.807) is 0 Å². The van der Waals surface area contributed by atoms with Crippen LogP contribution in [-0.4, -0.2) is 23.1 Å². The molecule has 4 heteroatoms. The first-order chi connectivity index (χ1) is 8.70. The number of rotatable bonds is 4. The summed E-state index contributed by atoms with van der Waals surface area (Å²) in [7, 11) is 0. The van der Waals surface area contributed by atoms with E-state index in [1.807, 2.05) is 20.0 Å². The molecule has 100 valence electrons. The first-order valence-corrected chi connectivity index (χ1v) is 6.95. The molecular formula is C14H24N4. The lowest BCUT2D eigenvalue weighted by Gasteiger charge is -2.31. The van der Waals surface area contributed by atoms with Crippen molar-refractivity contribution in [1.29, 1.82) is 0 Å². The summed E-state index contributed by atoms with van der Waals surface area (Å²) in [5.74, 6) is 2.28. The Morgan fingerprint density at radius 1 is 1.28 bits per heavy atom. The Kier molecular flexibility index (Phi) is 4.53. The summed E-state index contributed by atoms with van der Waals surface area (Å²) in [5, 5.41) is 3.46. The molecule has 1 saturated carbocycles. The highest BCUT2D eigenvalue weighted by atomic mass is 15.0. The molecule has 18 heavy (non-hydrogen) atoms. The van der Waals surface area contributed by atoms with Crippen LogP contribution < -0.4 is 11.1 Å². The van der Waals surface area contributed by atoms with Crippen molar-refractivity contribution in [1.82, 2.24) is 9.97 Å². The molecule has 0 aromatic carbocycles. The van der Waals surface area contributed by atoms with Crippen LogP contribution >= 0.6 is 0 Å². The van der Waals surface area contributed by atoms with Gasteiger partial charge in [0.25, 0.3) is 0 Å². The lowest BCUT2D eigenvalue weighted by molar-refractivity contribution is 0.255. The molecule has 1 heterocycles. The van der Waals surface area contributed by atoms with E-state index in [-0.39, 0.29) is 0 Å². The predicted octanol–water partition coefficient (Wildman–Crippen LogP) is 2.27. The maximum atomic E-state index is 5.86. The average molecular weight is 248 g/mol. The SMILES string of the molecule is Cc1cnc(C)c(NCC2CCCCC2CN)n1. The quantitative estimate of drug-likeness (QED) is 0.858. The van der Waals surface area contributed by atoms with Gasteiger partial charge in [0, 0.05) is 12.7 Å². The zero-order valence-corrected chi connectivity index (χ0v) is 11.4. The molecule has 0 radical (unpaired) electrons. The van der Waals surface area contributed by atoms with Crippen LogP contribution in [0.5, 0.6) is 0 Å². The summed E-state index contributed by atoms with van der Waals surface area (Å²) in [6.07, 6.45) is 7.04. The Hall–Kier alpha value is -1.16. The van der Waals surface area contributed by atoms with Crippen LogP contribution in [0.2, 0.25) is 0 Å². The summed E-state index contributed by atoms with van der Waals surface area (Å²) < 4.78 is 0. The van der Waals surface area contributed by atoms with Crippen molar-refractivity contribution in [3.8, 4) is 0 Å². The first kappa shape index (κ1) is 13.3. The molecule has 1 fully saturated rings. The van der Waals surface area contributed by atoms with Crippen LogP contribution in [-0.2, 0) is 0 Å². The van der Waals surface area contributed by atoms with Gasteiger partial charge in [0.1, 0.15) is 5.82 Å². The Balaban J connectivity index is 1.95. The van der Waals surface area contributed by atoms with E-state index in [0.29, 0.717) is 11.8 Å². The molecule has 0 amide bonds. The van der Waals surface area contributed by atoms with Gasteiger partial charge in [-0.25, -0.2) is 4.98 Å². The third-order valence-corrected chi connectivity index (χ3v) is 3.98. The van der Waals surface area contributed by atoms with Gasteiger partial charge in [-0.15, -0.1) is 0 Å². The zero-order valence-electron chi connectivity index (χ0n) is 11.4. The average Bonchev–Trinajstić information content (AvgIpc) is 2.40. The maximum absolute atomic E-state index is 5.86. The molecule has 1 aromatic rings. The number of anilines is 1. The van der Waals surface area contributed by atoms with Gasteiger partial charge in [-0.3, -0.25) is 4.98 Å². The van der Waals surface area contributed by atoms with Gasteiger partial charge in [-0.1, -0.05) is 12.8 Å². The Labute approximate surface area is 109 Å². The van der Waals surface area contributed by atoms with Crippen molar-refractivity contribution >= 4 is 5.82 Å². The summed E-state index contributed by atoms with van der Waals surface area (Å²) in [4.78, 5) is 8.84. The van der Waals surface area contributed by atoms with E-state index in [2.05, 4.69) is 15.3 Å². The lowest BCUT2D eigenvalue weighted by Crippen LogP contribution is -2.31. The van der Waals surface area contributed by atoms with E-state index in [4.69, 9.17) is 5.73 Å². The third kappa shape index (κ3) is 3.19. The molecule has 0 aliphatic heterocycles. The molecule has 3 N–H and O–H groups in total. The van der Waals surface area contributed by atoms with Gasteiger partial charge in [0.15, 0.2) is 0 Å². The molecule has 1 aromatic heterocycles. The number of aromatic nitrogens is 2. The van der Waals surface area contributed by atoms with Crippen molar-refractivity contribution in [3.63, 3.8) is 0 Å². The van der Waals surface area contributed by atoms with Gasteiger partial charge >= 0.3 is 0 Å². The molecule has 4 nitrogen and oxygen atoms in total. The van der Waals surface area contributed by atoms with Gasteiger partial charge in [0.2, 0.25) is 0 Å². The van der Waals surface area contributed by atoms with Gasteiger partial charge in [0.05, 0.1) is 11.4 Å². The molecule has 2 rings (SSSR count). The van der Waals surface area contributed by atoms with E-state index in [9.17, 15) is 0 Å². The van der Waals surface area contributed by atoms with E-state index in [0.717, 1.165) is 30.3 Å². The summed E-state index contributed by atoms with van der Waals surface area (Å²) in [5.41, 5.74) is 7.79. The van der Waals surface area contributed by atoms with E-state index < -0.39 is 0 Å². The Morgan fingerprint density at radius 3 is 2.72 bits per heavy atom. The number of nitrogens with one attached hydrogen (secondary N) is 1. The molecule has 1 aliphatic carbocycles. The summed E-state index contributed by atoms with van der Waals surface area (Å²) in [6.45, 7) is 5.75. The van der Waals surface area contributed by atoms with Crippen LogP contribution in [0.3, 0.4) is 0 Å². The number of aryl methyl sites for hydroxylation is 2. The monoisotopic (exact) mass is 248 g/mol. The van der Waals surface area contributed by atoms with Crippen molar-refractivity contribution in [2.45, 2.75) is 39.5 Å². The Bertz CT molecular complexity index is 391. The standard InChI is InChI=1S/C14H24N4/c1-10-8-16-11(2)14(18-10)17-9-13-6-4-3-5-12(13)7-15/h8,12-13H,3-7,9,15H2,1-2H3,(H,17,18). The van der Waals surface area contributed by atoms with E-state index >= 15 is 0 Å². The smallest absolute Gasteiger partial charge is 0.147 e. The second-order valence-electron chi connectivity index (χ2n) is 5.37. The topological polar surface area (TPSA) is 63.8 Å². The van der Waals surface area contributed by atoms with Crippen molar-refractivity contribution in [3.05, 3.63) is 17.6 Å². The summed E-state index contributed by atoms with van der Waals surface area (Å²) >= 11 is 0. The van der Waals surface area contributed by atoms with Crippen LogP contribution in [0.4, 0.5) is 5.82 Å². The van der Waals surface area contributed by atoms with Gasteiger partial charge in [-0.2, -0.15) is 0 Å². The number of nitrogens with two attached hydrogens (primary N) is 1. The maximum Gasteiger partial charge on any atom is 0.147 e. The second kappa shape index (κ2) is 6.14. The van der Waals surface area contributed by atoms with E-state index in [1.165, 1.54) is 25.7 Å². The fourth-order valence-electron chi connectivity index (χ4n) is 2.80. The number of nitrogens with zero attached hydrogens (tertiary/aromatic N) is 2. The van der Waals surface area contributed by atoms with Gasteiger partial charge in [-0.05, 0) is 45.1 Å². The molecule has 2 atom stereocenters. The number of hydrogen-bond donors (Lipinski definition) is 2. The van der Waals surface area contributed by atoms with Crippen molar-refractivity contribution < 1.29 is 0 Å². The van der Waals surface area contributed by atoms with Crippen LogP contribution in [0.15, 0.2) is 6.20 Å². The van der Waals surface area contributed by atoms with Crippen molar-refractivity contribution in [2.75, 3.05) is 18.4 Å². The molecule has 0 bridgehead atoms. The second-order valence-corrected chi connectivity index (χ2v) is 5.37. The minimum absolute atomic E-state index is 0.671. The highest BCUT2D eigenvalue weighted by molar-refractivity contribution is 5.39. The van der Waals surface area contributed by atoms with Crippen molar-refractivity contribution in [2.24, 2.45) is 17.6 Å². The number of hydrogen-bond acceptors (Lipinski definition) is 4. The molecule has 0 saturated heterocycles. The largest absolute Gasteiger partial charge is 0.368 e. The molecule has 1 aliphatic rings.